The first kappa shape index (κ1) is 22.8. The van der Waals surface area contributed by atoms with E-state index in [9.17, 15) is 0 Å². The lowest BCUT2D eigenvalue weighted by atomic mass is 9.86. The Balaban J connectivity index is 1.96. The molecule has 0 aromatic heterocycles. The molecule has 2 aromatic rings. The second-order valence-corrected chi connectivity index (χ2v) is 10.2. The van der Waals surface area contributed by atoms with Gasteiger partial charge in [0.2, 0.25) is 0 Å². The van der Waals surface area contributed by atoms with Gasteiger partial charge >= 0.3 is 0 Å². The zero-order valence-electron chi connectivity index (χ0n) is 17.9. The lowest BCUT2D eigenvalue weighted by Crippen LogP contribution is -2.45. The van der Waals surface area contributed by atoms with Gasteiger partial charge in [-0.2, -0.15) is 0 Å². The van der Waals surface area contributed by atoms with Crippen LogP contribution in [0.1, 0.15) is 40.2 Å². The first-order valence-corrected chi connectivity index (χ1v) is 11.0. The van der Waals surface area contributed by atoms with Crippen LogP contribution < -0.4 is 10.2 Å². The average Bonchev–Trinajstić information content (AvgIpc) is 2.87. The van der Waals surface area contributed by atoms with Crippen LogP contribution >= 0.6 is 35.4 Å². The van der Waals surface area contributed by atoms with Crippen molar-refractivity contribution in [1.29, 1.82) is 0 Å². The molecule has 1 atom stereocenters. The van der Waals surface area contributed by atoms with Crippen LogP contribution in [0.2, 0.25) is 10.0 Å². The molecule has 6 heteroatoms. The predicted octanol–water partition coefficient (Wildman–Crippen LogP) is 6.99. The molecule has 158 valence electrons. The molecular weight excluding hydrogens is 433 g/mol. The lowest BCUT2D eigenvalue weighted by Gasteiger charge is -2.32. The van der Waals surface area contributed by atoms with Gasteiger partial charge in [0.1, 0.15) is 5.84 Å². The molecule has 0 saturated carbocycles. The minimum atomic E-state index is -0.395. The van der Waals surface area contributed by atoms with Crippen molar-refractivity contribution < 1.29 is 0 Å². The Kier molecular flexibility index (Phi) is 6.61. The molecule has 1 heterocycles. The number of hydrogen-bond donors (Lipinski definition) is 1. The number of anilines is 1. The zero-order valence-corrected chi connectivity index (χ0v) is 20.2. The fourth-order valence-corrected chi connectivity index (χ4v) is 4.27. The molecule has 1 N–H and O–H groups in total. The maximum absolute atomic E-state index is 6.34. The van der Waals surface area contributed by atoms with Crippen LogP contribution in [0, 0.1) is 5.41 Å². The van der Waals surface area contributed by atoms with Gasteiger partial charge in [0.25, 0.3) is 0 Å². The smallest absolute Gasteiger partial charge is 0.179 e. The molecule has 2 aromatic carbocycles. The fourth-order valence-electron chi connectivity index (χ4n) is 3.37. The van der Waals surface area contributed by atoms with Crippen LogP contribution in [0.25, 0.3) is 6.08 Å². The predicted molar refractivity (Wildman–Crippen MR) is 135 cm³/mol. The number of rotatable bonds is 4. The standard InChI is InChI=1S/C24H27Cl2N3S/c1-23(2,3)20(14-12-16-11-13-17(25)15-19(16)26)27-21-24(4,5)29(22(30)28-21)18-9-7-6-8-10-18/h6-15,20H,1-5H3,(H,27,28,30)/b14-12+. The summed E-state index contributed by atoms with van der Waals surface area (Å²) in [5.74, 6) is 0.850. The van der Waals surface area contributed by atoms with Gasteiger partial charge in [0, 0.05) is 15.7 Å². The van der Waals surface area contributed by atoms with E-state index in [2.05, 4.69) is 63.0 Å². The van der Waals surface area contributed by atoms with E-state index < -0.39 is 5.54 Å². The van der Waals surface area contributed by atoms with Gasteiger partial charge in [-0.15, -0.1) is 0 Å². The first-order chi connectivity index (χ1) is 14.0. The van der Waals surface area contributed by atoms with Crippen molar-refractivity contribution in [3.05, 3.63) is 70.2 Å². The van der Waals surface area contributed by atoms with Gasteiger partial charge in [-0.3, -0.25) is 4.99 Å². The number of nitrogens with one attached hydrogen (secondary N) is 1. The van der Waals surface area contributed by atoms with E-state index in [4.69, 9.17) is 40.4 Å². The van der Waals surface area contributed by atoms with E-state index in [1.165, 1.54) is 0 Å². The number of nitrogens with zero attached hydrogens (tertiary/aromatic N) is 2. The van der Waals surface area contributed by atoms with E-state index in [1.54, 1.807) is 6.07 Å². The second-order valence-electron chi connectivity index (χ2n) is 8.97. The third-order valence-electron chi connectivity index (χ3n) is 5.16. The maximum atomic E-state index is 6.34. The summed E-state index contributed by atoms with van der Waals surface area (Å²) in [6.45, 7) is 10.8. The first-order valence-electron chi connectivity index (χ1n) is 9.88. The Morgan fingerprint density at radius 1 is 1.10 bits per heavy atom. The van der Waals surface area contributed by atoms with Crippen molar-refractivity contribution in [2.75, 3.05) is 4.90 Å². The SMILES string of the molecule is CC(C)(C)C(/C=C/c1ccc(Cl)cc1Cl)N=C1NC(=S)N(c2ccccc2)C1(C)C. The highest BCUT2D eigenvalue weighted by Gasteiger charge is 2.43. The van der Waals surface area contributed by atoms with E-state index in [0.717, 1.165) is 17.1 Å². The highest BCUT2D eigenvalue weighted by Crippen LogP contribution is 2.32. The summed E-state index contributed by atoms with van der Waals surface area (Å²) < 4.78 is 0. The van der Waals surface area contributed by atoms with Gasteiger partial charge in [-0.25, -0.2) is 0 Å². The molecule has 0 spiro atoms. The number of amidine groups is 1. The van der Waals surface area contributed by atoms with Gasteiger partial charge < -0.3 is 10.2 Å². The topological polar surface area (TPSA) is 27.6 Å². The van der Waals surface area contributed by atoms with Crippen molar-refractivity contribution in [2.24, 2.45) is 10.4 Å². The minimum Gasteiger partial charge on any atom is -0.319 e. The maximum Gasteiger partial charge on any atom is 0.179 e. The number of benzene rings is 2. The average molecular weight is 460 g/mol. The molecule has 1 aliphatic rings. The number of aliphatic imine (C=N–C) groups is 1. The van der Waals surface area contributed by atoms with E-state index in [-0.39, 0.29) is 11.5 Å². The van der Waals surface area contributed by atoms with Crippen molar-refractivity contribution in [1.82, 2.24) is 5.32 Å². The van der Waals surface area contributed by atoms with Gasteiger partial charge in [-0.05, 0) is 61.3 Å². The largest absolute Gasteiger partial charge is 0.319 e. The number of para-hydroxylation sites is 1. The highest BCUT2D eigenvalue weighted by atomic mass is 35.5. The van der Waals surface area contributed by atoms with E-state index in [0.29, 0.717) is 15.2 Å². The van der Waals surface area contributed by atoms with Crippen molar-refractivity contribution in [3.63, 3.8) is 0 Å². The third-order valence-corrected chi connectivity index (χ3v) is 6.00. The van der Waals surface area contributed by atoms with Crippen LogP contribution in [0.5, 0.6) is 0 Å². The molecule has 1 aliphatic heterocycles. The van der Waals surface area contributed by atoms with E-state index in [1.807, 2.05) is 36.4 Å². The lowest BCUT2D eigenvalue weighted by molar-refractivity contribution is 0.367. The zero-order chi connectivity index (χ0) is 22.1. The normalized spacial score (nSPS) is 18.8. The molecule has 0 bridgehead atoms. The molecule has 0 aliphatic carbocycles. The highest BCUT2D eigenvalue weighted by molar-refractivity contribution is 7.80. The molecule has 0 radical (unpaired) electrons. The molecule has 1 unspecified atom stereocenters. The Labute approximate surface area is 194 Å². The second kappa shape index (κ2) is 8.70. The summed E-state index contributed by atoms with van der Waals surface area (Å²) in [6, 6.07) is 15.6. The molecule has 3 nitrogen and oxygen atoms in total. The minimum absolute atomic E-state index is 0.0791. The fraction of sp³-hybridized carbons (Fsp3) is 0.333. The van der Waals surface area contributed by atoms with Crippen molar-refractivity contribution in [3.8, 4) is 0 Å². The molecule has 30 heavy (non-hydrogen) atoms. The summed E-state index contributed by atoms with van der Waals surface area (Å²) >= 11 is 18.0. The van der Waals surface area contributed by atoms with Gasteiger partial charge in [0.05, 0.1) is 11.6 Å². The van der Waals surface area contributed by atoms with Crippen LogP contribution in [-0.4, -0.2) is 22.5 Å². The molecule has 1 saturated heterocycles. The van der Waals surface area contributed by atoms with Gasteiger partial charge in [0.15, 0.2) is 5.11 Å². The Morgan fingerprint density at radius 3 is 2.37 bits per heavy atom. The third kappa shape index (κ3) is 4.88. The summed E-state index contributed by atoms with van der Waals surface area (Å²) in [4.78, 5) is 7.22. The molecule has 1 fully saturated rings. The number of thiocarbonyl (C=S) groups is 1. The quantitative estimate of drug-likeness (QED) is 0.498. The van der Waals surface area contributed by atoms with Crippen LogP contribution in [0.15, 0.2) is 59.6 Å². The molecule has 0 amide bonds. The number of hydrogen-bond acceptors (Lipinski definition) is 2. The van der Waals surface area contributed by atoms with E-state index >= 15 is 0 Å². The molecular formula is C24H27Cl2N3S. The monoisotopic (exact) mass is 459 g/mol. The summed E-state index contributed by atoms with van der Waals surface area (Å²) in [5.41, 5.74) is 1.46. The summed E-state index contributed by atoms with van der Waals surface area (Å²) in [6.07, 6.45) is 4.10. The Hall–Kier alpha value is -1.88. The van der Waals surface area contributed by atoms with Gasteiger partial charge in [-0.1, -0.05) is 80.4 Å². The van der Waals surface area contributed by atoms with Crippen LogP contribution in [-0.2, 0) is 0 Å². The summed E-state index contributed by atoms with van der Waals surface area (Å²) in [5, 5.41) is 5.24. The molecule has 3 rings (SSSR count). The van der Waals surface area contributed by atoms with Crippen LogP contribution in [0.3, 0.4) is 0 Å². The van der Waals surface area contributed by atoms with Crippen molar-refractivity contribution in [2.45, 2.75) is 46.2 Å². The Bertz CT molecular complexity index is 991. The Morgan fingerprint density at radius 2 is 1.77 bits per heavy atom. The van der Waals surface area contributed by atoms with Crippen molar-refractivity contribution >= 4 is 58.1 Å². The summed E-state index contributed by atoms with van der Waals surface area (Å²) in [7, 11) is 0. The van der Waals surface area contributed by atoms with Crippen LogP contribution in [0.4, 0.5) is 5.69 Å². The number of halogens is 2.